The number of fused-ring (bicyclic) bond motifs is 1. The van der Waals surface area contributed by atoms with Crippen LogP contribution in [0, 0.1) is 0 Å². The lowest BCUT2D eigenvalue weighted by Crippen LogP contribution is -2.38. The van der Waals surface area contributed by atoms with Gasteiger partial charge in [-0.25, -0.2) is 9.97 Å². The summed E-state index contributed by atoms with van der Waals surface area (Å²) in [6.07, 6.45) is -4.00. The molecule has 0 aliphatic carbocycles. The molecule has 1 aliphatic rings. The minimum atomic E-state index is -4.50. The maximum atomic E-state index is 13.1. The first-order valence-corrected chi connectivity index (χ1v) is 10.8. The SMILES string of the molecule is CC(C)N(C)c1nc(-c2ccccc2)nc2c1CN(C(=O)c1cccc(C(F)(F)F)c1)CC2. The third kappa shape index (κ3) is 4.69. The summed E-state index contributed by atoms with van der Waals surface area (Å²) in [5, 5.41) is 0. The van der Waals surface area contributed by atoms with Gasteiger partial charge in [-0.15, -0.1) is 0 Å². The number of carbonyl (C=O) groups excluding carboxylic acids is 1. The largest absolute Gasteiger partial charge is 0.416 e. The van der Waals surface area contributed by atoms with E-state index in [1.807, 2.05) is 56.1 Å². The van der Waals surface area contributed by atoms with E-state index in [9.17, 15) is 18.0 Å². The standard InChI is InChI=1S/C25H25F3N4O/c1-16(2)31(3)23-20-15-32(24(33)18-10-7-11-19(14-18)25(26,27)28)13-12-21(20)29-22(30-23)17-8-5-4-6-9-17/h4-11,14,16H,12-13,15H2,1-3H3. The summed E-state index contributed by atoms with van der Waals surface area (Å²) in [5.41, 5.74) is 1.79. The zero-order chi connectivity index (χ0) is 23.8. The van der Waals surface area contributed by atoms with E-state index in [1.165, 1.54) is 12.1 Å². The van der Waals surface area contributed by atoms with Gasteiger partial charge in [0.1, 0.15) is 5.82 Å². The molecule has 5 nitrogen and oxygen atoms in total. The number of aromatic nitrogens is 2. The van der Waals surface area contributed by atoms with E-state index in [2.05, 4.69) is 0 Å². The molecule has 8 heteroatoms. The summed E-state index contributed by atoms with van der Waals surface area (Å²) in [6.45, 7) is 4.71. The monoisotopic (exact) mass is 454 g/mol. The molecule has 1 amide bonds. The van der Waals surface area contributed by atoms with Crippen LogP contribution in [0.1, 0.15) is 41.0 Å². The molecular weight excluding hydrogens is 429 g/mol. The van der Waals surface area contributed by atoms with Crippen molar-refractivity contribution in [3.8, 4) is 11.4 Å². The van der Waals surface area contributed by atoms with Gasteiger partial charge in [0.15, 0.2) is 5.82 Å². The lowest BCUT2D eigenvalue weighted by molar-refractivity contribution is -0.137. The number of rotatable bonds is 4. The van der Waals surface area contributed by atoms with Gasteiger partial charge in [-0.05, 0) is 32.0 Å². The van der Waals surface area contributed by atoms with Crippen molar-refractivity contribution in [2.75, 3.05) is 18.5 Å². The molecule has 0 saturated carbocycles. The highest BCUT2D eigenvalue weighted by Gasteiger charge is 2.32. The molecule has 172 valence electrons. The predicted molar refractivity (Wildman–Crippen MR) is 121 cm³/mol. The molecule has 0 saturated heterocycles. The van der Waals surface area contributed by atoms with E-state index in [4.69, 9.17) is 9.97 Å². The number of anilines is 1. The van der Waals surface area contributed by atoms with Gasteiger partial charge < -0.3 is 9.80 Å². The number of hydrogen-bond donors (Lipinski definition) is 0. The summed E-state index contributed by atoms with van der Waals surface area (Å²) in [4.78, 5) is 26.3. The van der Waals surface area contributed by atoms with Crippen LogP contribution in [0.15, 0.2) is 54.6 Å². The van der Waals surface area contributed by atoms with Crippen molar-refractivity contribution in [3.05, 3.63) is 77.0 Å². The Labute approximate surface area is 190 Å². The quantitative estimate of drug-likeness (QED) is 0.543. The van der Waals surface area contributed by atoms with Crippen LogP contribution in [0.5, 0.6) is 0 Å². The van der Waals surface area contributed by atoms with Crippen LogP contribution in [0.2, 0.25) is 0 Å². The summed E-state index contributed by atoms with van der Waals surface area (Å²) < 4.78 is 39.4. The predicted octanol–water partition coefficient (Wildman–Crippen LogP) is 5.21. The average Bonchev–Trinajstić information content (AvgIpc) is 2.82. The molecule has 2 heterocycles. The van der Waals surface area contributed by atoms with Crippen molar-refractivity contribution < 1.29 is 18.0 Å². The van der Waals surface area contributed by atoms with Crippen LogP contribution in [0.3, 0.4) is 0 Å². The number of alkyl halides is 3. The van der Waals surface area contributed by atoms with Gasteiger partial charge in [0.2, 0.25) is 0 Å². The Balaban J connectivity index is 1.70. The Kier molecular flexibility index (Phi) is 6.10. The highest BCUT2D eigenvalue weighted by Crippen LogP contribution is 2.32. The molecule has 0 N–H and O–H groups in total. The van der Waals surface area contributed by atoms with Crippen molar-refractivity contribution in [2.24, 2.45) is 0 Å². The molecule has 0 spiro atoms. The van der Waals surface area contributed by atoms with Crippen molar-refractivity contribution >= 4 is 11.7 Å². The Morgan fingerprint density at radius 3 is 2.45 bits per heavy atom. The summed E-state index contributed by atoms with van der Waals surface area (Å²) in [6, 6.07) is 14.4. The molecule has 33 heavy (non-hydrogen) atoms. The third-order valence-electron chi connectivity index (χ3n) is 5.90. The second-order valence-corrected chi connectivity index (χ2v) is 8.42. The fourth-order valence-corrected chi connectivity index (χ4v) is 3.83. The lowest BCUT2D eigenvalue weighted by atomic mass is 10.0. The minimum absolute atomic E-state index is 0.0221. The number of nitrogens with zero attached hydrogens (tertiary/aromatic N) is 4. The summed E-state index contributed by atoms with van der Waals surface area (Å²) >= 11 is 0. The van der Waals surface area contributed by atoms with E-state index >= 15 is 0 Å². The van der Waals surface area contributed by atoms with Crippen LogP contribution in [-0.4, -0.2) is 40.4 Å². The van der Waals surface area contributed by atoms with Gasteiger partial charge in [0.05, 0.1) is 17.8 Å². The summed E-state index contributed by atoms with van der Waals surface area (Å²) in [5.74, 6) is 0.918. The van der Waals surface area contributed by atoms with Crippen LogP contribution in [0.4, 0.5) is 19.0 Å². The lowest BCUT2D eigenvalue weighted by Gasteiger charge is -2.33. The zero-order valence-corrected chi connectivity index (χ0v) is 18.7. The van der Waals surface area contributed by atoms with Gasteiger partial charge in [0, 0.05) is 42.7 Å². The minimum Gasteiger partial charge on any atom is -0.357 e. The van der Waals surface area contributed by atoms with Gasteiger partial charge in [-0.1, -0.05) is 36.4 Å². The average molecular weight is 454 g/mol. The molecule has 0 unspecified atom stereocenters. The number of halogens is 3. The van der Waals surface area contributed by atoms with E-state index in [0.717, 1.165) is 34.8 Å². The highest BCUT2D eigenvalue weighted by molar-refractivity contribution is 5.94. The van der Waals surface area contributed by atoms with Crippen molar-refractivity contribution in [1.82, 2.24) is 14.9 Å². The van der Waals surface area contributed by atoms with Crippen molar-refractivity contribution in [2.45, 2.75) is 39.0 Å². The van der Waals surface area contributed by atoms with Crippen LogP contribution in [-0.2, 0) is 19.1 Å². The van der Waals surface area contributed by atoms with Gasteiger partial charge in [-0.2, -0.15) is 13.2 Å². The molecule has 0 fully saturated rings. The van der Waals surface area contributed by atoms with Crippen LogP contribution in [0.25, 0.3) is 11.4 Å². The third-order valence-corrected chi connectivity index (χ3v) is 5.90. The molecule has 1 aromatic heterocycles. The molecule has 0 atom stereocenters. The molecule has 0 radical (unpaired) electrons. The fourth-order valence-electron chi connectivity index (χ4n) is 3.83. The molecule has 2 aromatic carbocycles. The smallest absolute Gasteiger partial charge is 0.357 e. The Morgan fingerprint density at radius 1 is 1.06 bits per heavy atom. The van der Waals surface area contributed by atoms with E-state index in [0.29, 0.717) is 18.8 Å². The van der Waals surface area contributed by atoms with Gasteiger partial charge in [-0.3, -0.25) is 4.79 Å². The number of hydrogen-bond acceptors (Lipinski definition) is 4. The van der Waals surface area contributed by atoms with Gasteiger partial charge >= 0.3 is 6.18 Å². The zero-order valence-electron chi connectivity index (χ0n) is 18.7. The molecular formula is C25H25F3N4O. The molecule has 1 aliphatic heterocycles. The second kappa shape index (κ2) is 8.84. The summed E-state index contributed by atoms with van der Waals surface area (Å²) in [7, 11) is 1.94. The first-order chi connectivity index (χ1) is 15.6. The van der Waals surface area contributed by atoms with Crippen LogP contribution >= 0.6 is 0 Å². The maximum Gasteiger partial charge on any atom is 0.416 e. The number of carbonyl (C=O) groups is 1. The Morgan fingerprint density at radius 2 is 1.79 bits per heavy atom. The fraction of sp³-hybridized carbons (Fsp3) is 0.320. The topological polar surface area (TPSA) is 49.3 Å². The Hall–Kier alpha value is -3.42. The van der Waals surface area contributed by atoms with Crippen molar-refractivity contribution in [3.63, 3.8) is 0 Å². The van der Waals surface area contributed by atoms with E-state index < -0.39 is 17.6 Å². The number of benzene rings is 2. The maximum absolute atomic E-state index is 13.1. The van der Waals surface area contributed by atoms with E-state index in [1.54, 1.807) is 4.90 Å². The normalized spacial score (nSPS) is 13.7. The van der Waals surface area contributed by atoms with Crippen molar-refractivity contribution in [1.29, 1.82) is 0 Å². The van der Waals surface area contributed by atoms with Gasteiger partial charge in [0.25, 0.3) is 5.91 Å². The first kappa shape index (κ1) is 22.8. The van der Waals surface area contributed by atoms with E-state index in [-0.39, 0.29) is 18.2 Å². The molecule has 4 rings (SSSR count). The molecule has 3 aromatic rings. The second-order valence-electron chi connectivity index (χ2n) is 8.42. The Bertz CT molecular complexity index is 1160. The first-order valence-electron chi connectivity index (χ1n) is 10.8. The highest BCUT2D eigenvalue weighted by atomic mass is 19.4. The number of amides is 1. The van der Waals surface area contributed by atoms with Crippen LogP contribution < -0.4 is 4.90 Å². The molecule has 0 bridgehead atoms.